The van der Waals surface area contributed by atoms with Crippen molar-refractivity contribution in [3.05, 3.63) is 0 Å². The number of hydrogen-bond donors (Lipinski definition) is 2. The summed E-state index contributed by atoms with van der Waals surface area (Å²) in [6.45, 7) is 8.58. The molecule has 17 heavy (non-hydrogen) atoms. The SMILES string of the molecule is CC(C)[C@@H]1CC[C@@]2(C)CCC[C@@](C)(O)[C@@H]2[C@@H]1O. The third kappa shape index (κ3) is 2.15. The van der Waals surface area contributed by atoms with Crippen molar-refractivity contribution in [2.45, 2.75) is 71.5 Å². The van der Waals surface area contributed by atoms with Crippen LogP contribution in [0.1, 0.15) is 59.8 Å². The lowest BCUT2D eigenvalue weighted by atomic mass is 9.51. The lowest BCUT2D eigenvalue weighted by molar-refractivity contribution is -0.184. The minimum atomic E-state index is -0.681. The molecule has 0 spiro atoms. The third-order valence-corrected chi connectivity index (χ3v) is 5.54. The van der Waals surface area contributed by atoms with Gasteiger partial charge in [0, 0.05) is 5.92 Å². The van der Waals surface area contributed by atoms with Gasteiger partial charge in [0.1, 0.15) is 0 Å². The van der Waals surface area contributed by atoms with E-state index >= 15 is 0 Å². The summed E-state index contributed by atoms with van der Waals surface area (Å²) in [4.78, 5) is 0. The predicted octanol–water partition coefficient (Wildman–Crippen LogP) is 2.97. The van der Waals surface area contributed by atoms with Crippen molar-refractivity contribution in [2.24, 2.45) is 23.2 Å². The Labute approximate surface area is 105 Å². The molecule has 2 N–H and O–H groups in total. The Morgan fingerprint density at radius 3 is 2.35 bits per heavy atom. The van der Waals surface area contributed by atoms with Crippen LogP contribution < -0.4 is 0 Å². The Balaban J connectivity index is 2.29. The van der Waals surface area contributed by atoms with E-state index in [-0.39, 0.29) is 17.4 Å². The van der Waals surface area contributed by atoms with Gasteiger partial charge >= 0.3 is 0 Å². The van der Waals surface area contributed by atoms with E-state index in [9.17, 15) is 10.2 Å². The average Bonchev–Trinajstić information content (AvgIpc) is 2.14. The van der Waals surface area contributed by atoms with E-state index in [4.69, 9.17) is 0 Å². The van der Waals surface area contributed by atoms with Crippen molar-refractivity contribution in [1.29, 1.82) is 0 Å². The van der Waals surface area contributed by atoms with Gasteiger partial charge < -0.3 is 10.2 Å². The predicted molar refractivity (Wildman–Crippen MR) is 69.6 cm³/mol. The van der Waals surface area contributed by atoms with Crippen LogP contribution in [0, 0.1) is 23.2 Å². The number of rotatable bonds is 1. The Bertz CT molecular complexity index is 285. The first-order valence-corrected chi connectivity index (χ1v) is 7.18. The molecule has 0 bridgehead atoms. The first-order chi connectivity index (χ1) is 7.78. The molecule has 0 amide bonds. The first-order valence-electron chi connectivity index (χ1n) is 7.18. The van der Waals surface area contributed by atoms with Crippen molar-refractivity contribution in [1.82, 2.24) is 0 Å². The highest BCUT2D eigenvalue weighted by Crippen LogP contribution is 2.56. The van der Waals surface area contributed by atoms with Crippen LogP contribution >= 0.6 is 0 Å². The standard InChI is InChI=1S/C15H28O2/c1-10(2)11-6-9-14(3)7-5-8-15(4,17)13(14)12(11)16/h10-13,16-17H,5-9H2,1-4H3/t11-,12+,13+,14+,15+/m0/s1. The van der Waals surface area contributed by atoms with Crippen molar-refractivity contribution in [3.8, 4) is 0 Å². The molecule has 2 saturated carbocycles. The van der Waals surface area contributed by atoms with Crippen LogP contribution in [0.25, 0.3) is 0 Å². The summed E-state index contributed by atoms with van der Waals surface area (Å²) in [6.07, 6.45) is 5.04. The summed E-state index contributed by atoms with van der Waals surface area (Å²) in [5.74, 6) is 0.926. The summed E-state index contributed by atoms with van der Waals surface area (Å²) in [6, 6.07) is 0. The normalized spacial score (nSPS) is 51.4. The minimum Gasteiger partial charge on any atom is -0.392 e. The second-order valence-electron chi connectivity index (χ2n) is 7.28. The molecular formula is C15H28O2. The lowest BCUT2D eigenvalue weighted by Crippen LogP contribution is -2.58. The van der Waals surface area contributed by atoms with Crippen LogP contribution in [-0.4, -0.2) is 21.9 Å². The van der Waals surface area contributed by atoms with Crippen LogP contribution in [0.4, 0.5) is 0 Å². The molecule has 2 aliphatic rings. The van der Waals surface area contributed by atoms with Gasteiger partial charge in [-0.2, -0.15) is 0 Å². The van der Waals surface area contributed by atoms with E-state index in [1.165, 1.54) is 0 Å². The summed E-state index contributed by atoms with van der Waals surface area (Å²) >= 11 is 0. The van der Waals surface area contributed by atoms with Gasteiger partial charge in [-0.25, -0.2) is 0 Å². The molecule has 0 saturated heterocycles. The topological polar surface area (TPSA) is 40.5 Å². The Morgan fingerprint density at radius 2 is 1.76 bits per heavy atom. The molecule has 0 unspecified atom stereocenters. The van der Waals surface area contributed by atoms with Crippen molar-refractivity contribution in [2.75, 3.05) is 0 Å². The molecule has 5 atom stereocenters. The largest absolute Gasteiger partial charge is 0.392 e. The maximum atomic E-state index is 10.7. The van der Waals surface area contributed by atoms with Crippen molar-refractivity contribution < 1.29 is 10.2 Å². The van der Waals surface area contributed by atoms with E-state index in [0.717, 1.165) is 32.1 Å². The Hall–Kier alpha value is -0.0800. The van der Waals surface area contributed by atoms with Crippen molar-refractivity contribution >= 4 is 0 Å². The second-order valence-corrected chi connectivity index (χ2v) is 7.28. The first kappa shape index (κ1) is 13.4. The van der Waals surface area contributed by atoms with E-state index in [1.54, 1.807) is 0 Å². The van der Waals surface area contributed by atoms with Crippen LogP contribution in [-0.2, 0) is 0 Å². The van der Waals surface area contributed by atoms with Crippen LogP contribution in [0.2, 0.25) is 0 Å². The number of fused-ring (bicyclic) bond motifs is 1. The molecule has 2 aliphatic carbocycles. The molecule has 0 aromatic carbocycles. The fraction of sp³-hybridized carbons (Fsp3) is 1.00. The number of aliphatic hydroxyl groups is 2. The molecule has 0 heterocycles. The van der Waals surface area contributed by atoms with Gasteiger partial charge in [-0.05, 0) is 49.9 Å². The van der Waals surface area contributed by atoms with Crippen LogP contribution in [0.3, 0.4) is 0 Å². The van der Waals surface area contributed by atoms with Gasteiger partial charge in [-0.3, -0.25) is 0 Å². The fourth-order valence-electron chi connectivity index (χ4n) is 4.61. The average molecular weight is 240 g/mol. The van der Waals surface area contributed by atoms with Gasteiger partial charge in [-0.1, -0.05) is 27.2 Å². The molecule has 2 rings (SSSR count). The molecule has 2 fully saturated rings. The molecule has 100 valence electrons. The molecule has 0 radical (unpaired) electrons. The molecular weight excluding hydrogens is 212 g/mol. The Morgan fingerprint density at radius 1 is 1.12 bits per heavy atom. The van der Waals surface area contributed by atoms with Gasteiger partial charge in [0.15, 0.2) is 0 Å². The van der Waals surface area contributed by atoms with Crippen molar-refractivity contribution in [3.63, 3.8) is 0 Å². The third-order valence-electron chi connectivity index (χ3n) is 5.54. The van der Waals surface area contributed by atoms with Gasteiger partial charge in [0.25, 0.3) is 0 Å². The van der Waals surface area contributed by atoms with Crippen LogP contribution in [0.15, 0.2) is 0 Å². The fourth-order valence-corrected chi connectivity index (χ4v) is 4.61. The minimum absolute atomic E-state index is 0.0601. The van der Waals surface area contributed by atoms with Gasteiger partial charge in [0.05, 0.1) is 11.7 Å². The van der Waals surface area contributed by atoms with E-state index in [2.05, 4.69) is 20.8 Å². The molecule has 0 aromatic rings. The van der Waals surface area contributed by atoms with E-state index in [0.29, 0.717) is 11.8 Å². The summed E-state index contributed by atoms with van der Waals surface area (Å²) in [5, 5.41) is 21.3. The number of aliphatic hydroxyl groups excluding tert-OH is 1. The molecule has 0 aromatic heterocycles. The zero-order valence-electron chi connectivity index (χ0n) is 11.7. The van der Waals surface area contributed by atoms with E-state index in [1.807, 2.05) is 6.92 Å². The maximum absolute atomic E-state index is 10.7. The quantitative estimate of drug-likeness (QED) is 0.740. The zero-order valence-corrected chi connectivity index (χ0v) is 11.7. The smallest absolute Gasteiger partial charge is 0.0677 e. The van der Waals surface area contributed by atoms with Gasteiger partial charge in [-0.15, -0.1) is 0 Å². The Kier molecular flexibility index (Phi) is 3.33. The molecule has 0 aliphatic heterocycles. The van der Waals surface area contributed by atoms with Gasteiger partial charge in [0.2, 0.25) is 0 Å². The highest BCUT2D eigenvalue weighted by molar-refractivity contribution is 5.05. The summed E-state index contributed by atoms with van der Waals surface area (Å²) in [7, 11) is 0. The zero-order chi connectivity index (χ0) is 12.8. The van der Waals surface area contributed by atoms with E-state index < -0.39 is 5.60 Å². The number of hydrogen-bond acceptors (Lipinski definition) is 2. The summed E-state index contributed by atoms with van der Waals surface area (Å²) in [5.41, 5.74) is -0.535. The summed E-state index contributed by atoms with van der Waals surface area (Å²) < 4.78 is 0. The monoisotopic (exact) mass is 240 g/mol. The highest BCUT2D eigenvalue weighted by atomic mass is 16.3. The molecule has 2 heteroatoms. The highest BCUT2D eigenvalue weighted by Gasteiger charge is 2.55. The maximum Gasteiger partial charge on any atom is 0.0677 e. The second kappa shape index (κ2) is 4.24. The van der Waals surface area contributed by atoms with Crippen LogP contribution in [0.5, 0.6) is 0 Å². The lowest BCUT2D eigenvalue weighted by Gasteiger charge is -2.57. The molecule has 2 nitrogen and oxygen atoms in total.